The third-order valence-electron chi connectivity index (χ3n) is 2.88. The van der Waals surface area contributed by atoms with Crippen LogP contribution in [0, 0.1) is 0 Å². The Morgan fingerprint density at radius 1 is 1.45 bits per heavy atom. The standard InChI is InChI=1S/C13H16N2O5/c1-2-19-11-6-3-8(7-14-11)15-12(16)9-4-5-10(20-9)13(17)18/h3,6-7,9-10H,2,4-5H2,1H3,(H,15,16)(H,17,18)/t9-,10+/m0/s1. The summed E-state index contributed by atoms with van der Waals surface area (Å²) < 4.78 is 10.4. The molecule has 108 valence electrons. The Morgan fingerprint density at radius 2 is 2.20 bits per heavy atom. The number of pyridine rings is 1. The van der Waals surface area contributed by atoms with E-state index in [0.717, 1.165) is 0 Å². The molecule has 0 aliphatic carbocycles. The van der Waals surface area contributed by atoms with E-state index >= 15 is 0 Å². The third kappa shape index (κ3) is 3.45. The van der Waals surface area contributed by atoms with Crippen molar-refractivity contribution in [2.75, 3.05) is 11.9 Å². The Hall–Kier alpha value is -2.15. The lowest BCUT2D eigenvalue weighted by molar-refractivity contribution is -0.150. The lowest BCUT2D eigenvalue weighted by atomic mass is 10.2. The van der Waals surface area contributed by atoms with Crippen molar-refractivity contribution in [1.82, 2.24) is 4.98 Å². The van der Waals surface area contributed by atoms with Crippen molar-refractivity contribution < 1.29 is 24.2 Å². The second kappa shape index (κ2) is 6.33. The predicted molar refractivity (Wildman–Crippen MR) is 69.6 cm³/mol. The van der Waals surface area contributed by atoms with Crippen LogP contribution >= 0.6 is 0 Å². The van der Waals surface area contributed by atoms with Crippen LogP contribution in [0.25, 0.3) is 0 Å². The van der Waals surface area contributed by atoms with Gasteiger partial charge in [-0.25, -0.2) is 9.78 Å². The molecule has 7 nitrogen and oxygen atoms in total. The molecule has 2 N–H and O–H groups in total. The first-order valence-corrected chi connectivity index (χ1v) is 6.38. The van der Waals surface area contributed by atoms with Crippen LogP contribution in [0.15, 0.2) is 18.3 Å². The molecule has 2 heterocycles. The summed E-state index contributed by atoms with van der Waals surface area (Å²) in [6.07, 6.45) is 0.584. The monoisotopic (exact) mass is 280 g/mol. The second-order valence-electron chi connectivity index (χ2n) is 4.34. The SMILES string of the molecule is CCOc1ccc(NC(=O)[C@@H]2CC[C@H](C(=O)O)O2)cn1. The first-order valence-electron chi connectivity index (χ1n) is 6.38. The molecule has 0 saturated carbocycles. The summed E-state index contributed by atoms with van der Waals surface area (Å²) in [6.45, 7) is 2.37. The minimum atomic E-state index is -1.04. The number of carbonyl (C=O) groups excluding carboxylic acids is 1. The summed E-state index contributed by atoms with van der Waals surface area (Å²) in [4.78, 5) is 26.7. The highest BCUT2D eigenvalue weighted by molar-refractivity contribution is 5.94. The summed E-state index contributed by atoms with van der Waals surface area (Å²) in [5.41, 5.74) is 0.515. The van der Waals surface area contributed by atoms with Gasteiger partial charge in [0.05, 0.1) is 18.5 Å². The van der Waals surface area contributed by atoms with Crippen molar-refractivity contribution in [1.29, 1.82) is 0 Å². The van der Waals surface area contributed by atoms with Crippen molar-refractivity contribution >= 4 is 17.6 Å². The maximum atomic E-state index is 11.9. The molecule has 1 amide bonds. The number of hydrogen-bond acceptors (Lipinski definition) is 5. The number of amides is 1. The second-order valence-corrected chi connectivity index (χ2v) is 4.34. The van der Waals surface area contributed by atoms with E-state index in [1.807, 2.05) is 6.92 Å². The van der Waals surface area contributed by atoms with E-state index in [0.29, 0.717) is 31.0 Å². The number of rotatable bonds is 5. The van der Waals surface area contributed by atoms with Crippen molar-refractivity contribution in [3.8, 4) is 5.88 Å². The average molecular weight is 280 g/mol. The maximum absolute atomic E-state index is 11.9. The van der Waals surface area contributed by atoms with E-state index in [-0.39, 0.29) is 5.91 Å². The average Bonchev–Trinajstić information content (AvgIpc) is 2.91. The molecule has 20 heavy (non-hydrogen) atoms. The fraction of sp³-hybridized carbons (Fsp3) is 0.462. The zero-order valence-electron chi connectivity index (χ0n) is 11.0. The van der Waals surface area contributed by atoms with Gasteiger partial charge in [-0.1, -0.05) is 0 Å². The minimum Gasteiger partial charge on any atom is -0.479 e. The van der Waals surface area contributed by atoms with Crippen LogP contribution in [-0.2, 0) is 14.3 Å². The first-order chi connectivity index (χ1) is 9.60. The Kier molecular flexibility index (Phi) is 4.52. The van der Waals surface area contributed by atoms with Crippen LogP contribution in [-0.4, -0.2) is 40.8 Å². The van der Waals surface area contributed by atoms with Gasteiger partial charge >= 0.3 is 5.97 Å². The predicted octanol–water partition coefficient (Wildman–Crippen LogP) is 1.05. The maximum Gasteiger partial charge on any atom is 0.332 e. The number of aromatic nitrogens is 1. The number of nitrogens with one attached hydrogen (secondary N) is 1. The van der Waals surface area contributed by atoms with Gasteiger partial charge in [0.25, 0.3) is 5.91 Å². The molecule has 0 bridgehead atoms. The van der Waals surface area contributed by atoms with Gasteiger partial charge in [0.1, 0.15) is 6.10 Å². The van der Waals surface area contributed by atoms with Gasteiger partial charge < -0.3 is 19.9 Å². The first kappa shape index (κ1) is 14.3. The number of carboxylic acids is 1. The number of ether oxygens (including phenoxy) is 2. The van der Waals surface area contributed by atoms with Crippen LogP contribution in [0.2, 0.25) is 0 Å². The Balaban J connectivity index is 1.90. The molecule has 1 saturated heterocycles. The van der Waals surface area contributed by atoms with Crippen LogP contribution < -0.4 is 10.1 Å². The molecule has 0 aromatic carbocycles. The Bertz CT molecular complexity index is 488. The summed E-state index contributed by atoms with van der Waals surface area (Å²) in [5, 5.41) is 11.4. The molecule has 0 spiro atoms. The van der Waals surface area contributed by atoms with E-state index in [9.17, 15) is 9.59 Å². The van der Waals surface area contributed by atoms with Gasteiger partial charge in [-0.2, -0.15) is 0 Å². The number of carbonyl (C=O) groups is 2. The lowest BCUT2D eigenvalue weighted by Crippen LogP contribution is -2.29. The molecule has 1 fully saturated rings. The quantitative estimate of drug-likeness (QED) is 0.836. The van der Waals surface area contributed by atoms with Crippen molar-refractivity contribution in [3.05, 3.63) is 18.3 Å². The van der Waals surface area contributed by atoms with Crippen LogP contribution in [0.1, 0.15) is 19.8 Å². The Morgan fingerprint density at radius 3 is 2.75 bits per heavy atom. The molecule has 7 heteroatoms. The van der Waals surface area contributed by atoms with Crippen molar-refractivity contribution in [2.24, 2.45) is 0 Å². The van der Waals surface area contributed by atoms with E-state index in [1.165, 1.54) is 6.20 Å². The highest BCUT2D eigenvalue weighted by Gasteiger charge is 2.34. The van der Waals surface area contributed by atoms with Crippen molar-refractivity contribution in [3.63, 3.8) is 0 Å². The molecular weight excluding hydrogens is 264 g/mol. The number of anilines is 1. The highest BCUT2D eigenvalue weighted by atomic mass is 16.5. The molecule has 0 radical (unpaired) electrons. The highest BCUT2D eigenvalue weighted by Crippen LogP contribution is 2.21. The van der Waals surface area contributed by atoms with Gasteiger partial charge in [-0.15, -0.1) is 0 Å². The molecule has 2 rings (SSSR count). The number of hydrogen-bond donors (Lipinski definition) is 2. The lowest BCUT2D eigenvalue weighted by Gasteiger charge is -2.11. The molecule has 0 unspecified atom stereocenters. The molecule has 1 aliphatic heterocycles. The topological polar surface area (TPSA) is 97.8 Å². The van der Waals surface area contributed by atoms with Gasteiger partial charge in [-0.05, 0) is 25.8 Å². The number of carboxylic acid groups (broad SMARTS) is 1. The van der Waals surface area contributed by atoms with Crippen molar-refractivity contribution in [2.45, 2.75) is 32.0 Å². The largest absolute Gasteiger partial charge is 0.479 e. The van der Waals surface area contributed by atoms with Crippen LogP contribution in [0.5, 0.6) is 5.88 Å². The Labute approximate surface area is 115 Å². The number of aliphatic carboxylic acids is 1. The smallest absolute Gasteiger partial charge is 0.332 e. The fourth-order valence-corrected chi connectivity index (χ4v) is 1.92. The summed E-state index contributed by atoms with van der Waals surface area (Å²) >= 11 is 0. The summed E-state index contributed by atoms with van der Waals surface area (Å²) in [6, 6.07) is 3.31. The molecule has 1 aromatic heterocycles. The summed E-state index contributed by atoms with van der Waals surface area (Å²) in [5.74, 6) is -0.920. The normalized spacial score (nSPS) is 21.4. The van der Waals surface area contributed by atoms with E-state index in [4.69, 9.17) is 14.6 Å². The van der Waals surface area contributed by atoms with Crippen LogP contribution in [0.4, 0.5) is 5.69 Å². The fourth-order valence-electron chi connectivity index (χ4n) is 1.92. The van der Waals surface area contributed by atoms with Crippen LogP contribution in [0.3, 0.4) is 0 Å². The van der Waals surface area contributed by atoms with Gasteiger partial charge in [-0.3, -0.25) is 4.79 Å². The molecule has 1 aromatic rings. The van der Waals surface area contributed by atoms with Gasteiger partial charge in [0, 0.05) is 6.07 Å². The van der Waals surface area contributed by atoms with E-state index < -0.39 is 18.2 Å². The molecule has 2 atom stereocenters. The van der Waals surface area contributed by atoms with E-state index in [1.54, 1.807) is 12.1 Å². The van der Waals surface area contributed by atoms with Gasteiger partial charge in [0.15, 0.2) is 6.10 Å². The zero-order chi connectivity index (χ0) is 14.5. The third-order valence-corrected chi connectivity index (χ3v) is 2.88. The molecule has 1 aliphatic rings. The zero-order valence-corrected chi connectivity index (χ0v) is 11.0. The number of nitrogens with zero attached hydrogens (tertiary/aromatic N) is 1. The summed E-state index contributed by atoms with van der Waals surface area (Å²) in [7, 11) is 0. The van der Waals surface area contributed by atoms with Gasteiger partial charge in [0.2, 0.25) is 5.88 Å². The van der Waals surface area contributed by atoms with E-state index in [2.05, 4.69) is 10.3 Å². The minimum absolute atomic E-state index is 0.342. The molecular formula is C13H16N2O5.